The molecule has 1 rings (SSSR count). The quantitative estimate of drug-likeness (QED) is 0.797. The maximum absolute atomic E-state index is 12.3. The minimum absolute atomic E-state index is 0.0644. The maximum Gasteiger partial charge on any atom is 0.223 e. The molecule has 2 heteroatoms. The lowest BCUT2D eigenvalue weighted by Crippen LogP contribution is -2.35. The third kappa shape index (κ3) is 5.91. The second kappa shape index (κ2) is 7.98. The van der Waals surface area contributed by atoms with Crippen LogP contribution in [0.4, 0.5) is 0 Å². The summed E-state index contributed by atoms with van der Waals surface area (Å²) < 4.78 is 0. The van der Waals surface area contributed by atoms with E-state index in [0.717, 1.165) is 19.4 Å². The molecular weight excluding hydrogens is 234 g/mol. The Balaban J connectivity index is 2.55. The van der Waals surface area contributed by atoms with Gasteiger partial charge in [0.1, 0.15) is 0 Å². The van der Waals surface area contributed by atoms with Crippen LogP contribution in [0.3, 0.4) is 0 Å². The smallest absolute Gasteiger partial charge is 0.223 e. The number of benzene rings is 1. The number of rotatable bonds is 7. The summed E-state index contributed by atoms with van der Waals surface area (Å²) >= 11 is 0. The molecule has 1 unspecified atom stereocenters. The molecule has 1 N–H and O–H groups in total. The third-order valence-corrected chi connectivity index (χ3v) is 3.46. The van der Waals surface area contributed by atoms with Crippen molar-refractivity contribution < 1.29 is 4.79 Å². The predicted octanol–water partition coefficient (Wildman–Crippen LogP) is 3.66. The SMILES string of the molecule is CC(C)CCNC(=O)C(Cc1ccccc1)C(C)C. The monoisotopic (exact) mass is 261 g/mol. The van der Waals surface area contributed by atoms with Crippen molar-refractivity contribution >= 4 is 5.91 Å². The highest BCUT2D eigenvalue weighted by atomic mass is 16.1. The second-order valence-corrected chi connectivity index (χ2v) is 6.01. The summed E-state index contributed by atoms with van der Waals surface area (Å²) in [6.07, 6.45) is 1.87. The molecule has 0 aliphatic carbocycles. The van der Waals surface area contributed by atoms with Crippen LogP contribution in [0, 0.1) is 17.8 Å². The van der Waals surface area contributed by atoms with E-state index in [2.05, 4.69) is 45.1 Å². The van der Waals surface area contributed by atoms with E-state index in [1.54, 1.807) is 0 Å². The molecule has 0 aliphatic heterocycles. The molecule has 1 atom stereocenters. The van der Waals surface area contributed by atoms with Crippen molar-refractivity contribution in [1.82, 2.24) is 5.32 Å². The zero-order chi connectivity index (χ0) is 14.3. The van der Waals surface area contributed by atoms with Gasteiger partial charge in [-0.25, -0.2) is 0 Å². The number of carbonyl (C=O) groups excluding carboxylic acids is 1. The standard InChI is InChI=1S/C17H27NO/c1-13(2)10-11-18-17(19)16(14(3)4)12-15-8-6-5-7-9-15/h5-9,13-14,16H,10-12H2,1-4H3,(H,18,19). The molecular formula is C17H27NO. The average Bonchev–Trinajstić information content (AvgIpc) is 2.36. The van der Waals surface area contributed by atoms with Gasteiger partial charge in [-0.05, 0) is 30.2 Å². The predicted molar refractivity (Wildman–Crippen MR) is 80.9 cm³/mol. The van der Waals surface area contributed by atoms with Crippen molar-refractivity contribution in [2.45, 2.75) is 40.5 Å². The molecule has 0 bridgehead atoms. The zero-order valence-electron chi connectivity index (χ0n) is 12.6. The van der Waals surface area contributed by atoms with Crippen LogP contribution in [0.25, 0.3) is 0 Å². The molecule has 0 heterocycles. The number of nitrogens with one attached hydrogen (secondary N) is 1. The first-order chi connectivity index (χ1) is 9.00. The summed E-state index contributed by atoms with van der Waals surface area (Å²) in [4.78, 5) is 12.3. The van der Waals surface area contributed by atoms with E-state index in [-0.39, 0.29) is 11.8 Å². The summed E-state index contributed by atoms with van der Waals surface area (Å²) in [5.41, 5.74) is 1.24. The Morgan fingerprint density at radius 2 is 1.74 bits per heavy atom. The van der Waals surface area contributed by atoms with Gasteiger partial charge in [0.2, 0.25) is 5.91 Å². The van der Waals surface area contributed by atoms with Crippen molar-refractivity contribution in [3.05, 3.63) is 35.9 Å². The van der Waals surface area contributed by atoms with Crippen LogP contribution in [-0.4, -0.2) is 12.5 Å². The van der Waals surface area contributed by atoms with Crippen LogP contribution in [-0.2, 0) is 11.2 Å². The van der Waals surface area contributed by atoms with E-state index in [0.29, 0.717) is 11.8 Å². The molecule has 1 amide bonds. The van der Waals surface area contributed by atoms with Gasteiger partial charge in [0.05, 0.1) is 0 Å². The Labute approximate surface area is 117 Å². The Morgan fingerprint density at radius 3 is 2.26 bits per heavy atom. The van der Waals surface area contributed by atoms with Gasteiger partial charge in [-0.3, -0.25) is 4.79 Å². The second-order valence-electron chi connectivity index (χ2n) is 6.01. The Morgan fingerprint density at radius 1 is 1.11 bits per heavy atom. The largest absolute Gasteiger partial charge is 0.356 e. The number of amides is 1. The first-order valence-electron chi connectivity index (χ1n) is 7.32. The van der Waals surface area contributed by atoms with Crippen LogP contribution in [0.15, 0.2) is 30.3 Å². The first-order valence-corrected chi connectivity index (χ1v) is 7.32. The first kappa shape index (κ1) is 15.7. The normalized spacial score (nSPS) is 12.7. The molecule has 0 aliphatic rings. The molecule has 19 heavy (non-hydrogen) atoms. The molecule has 0 aromatic heterocycles. The molecule has 2 nitrogen and oxygen atoms in total. The lowest BCUT2D eigenvalue weighted by molar-refractivity contribution is -0.126. The minimum Gasteiger partial charge on any atom is -0.356 e. The van der Waals surface area contributed by atoms with Gasteiger partial charge in [-0.2, -0.15) is 0 Å². The van der Waals surface area contributed by atoms with E-state index in [1.807, 2.05) is 18.2 Å². The Kier molecular flexibility index (Phi) is 6.61. The van der Waals surface area contributed by atoms with E-state index in [9.17, 15) is 4.79 Å². The highest BCUT2D eigenvalue weighted by molar-refractivity contribution is 5.79. The van der Waals surface area contributed by atoms with Gasteiger partial charge in [0.15, 0.2) is 0 Å². The van der Waals surface area contributed by atoms with Crippen molar-refractivity contribution in [1.29, 1.82) is 0 Å². The molecule has 0 saturated carbocycles. The van der Waals surface area contributed by atoms with Crippen molar-refractivity contribution in [2.24, 2.45) is 17.8 Å². The van der Waals surface area contributed by atoms with Crippen LogP contribution in [0.2, 0.25) is 0 Å². The summed E-state index contributed by atoms with van der Waals surface area (Å²) in [5.74, 6) is 1.25. The third-order valence-electron chi connectivity index (χ3n) is 3.46. The van der Waals surface area contributed by atoms with E-state index in [1.165, 1.54) is 5.56 Å². The fourth-order valence-electron chi connectivity index (χ4n) is 2.11. The zero-order valence-corrected chi connectivity index (χ0v) is 12.6. The summed E-state index contributed by atoms with van der Waals surface area (Å²) in [7, 11) is 0. The van der Waals surface area contributed by atoms with Gasteiger partial charge in [0, 0.05) is 12.5 Å². The molecule has 0 fully saturated rings. The van der Waals surface area contributed by atoms with E-state index in [4.69, 9.17) is 0 Å². The maximum atomic E-state index is 12.3. The number of hydrogen-bond acceptors (Lipinski definition) is 1. The topological polar surface area (TPSA) is 29.1 Å². The van der Waals surface area contributed by atoms with Crippen LogP contribution in [0.1, 0.15) is 39.7 Å². The Bertz CT molecular complexity index is 370. The van der Waals surface area contributed by atoms with Gasteiger partial charge < -0.3 is 5.32 Å². The Hall–Kier alpha value is -1.31. The molecule has 0 radical (unpaired) electrons. The molecule has 1 aromatic rings. The van der Waals surface area contributed by atoms with Crippen molar-refractivity contribution in [3.63, 3.8) is 0 Å². The van der Waals surface area contributed by atoms with Gasteiger partial charge in [-0.15, -0.1) is 0 Å². The highest BCUT2D eigenvalue weighted by Gasteiger charge is 2.22. The lowest BCUT2D eigenvalue weighted by atomic mass is 9.88. The van der Waals surface area contributed by atoms with Crippen LogP contribution in [0.5, 0.6) is 0 Å². The average molecular weight is 261 g/mol. The molecule has 0 spiro atoms. The van der Waals surface area contributed by atoms with Gasteiger partial charge in [-0.1, -0.05) is 58.0 Å². The number of carbonyl (C=O) groups is 1. The van der Waals surface area contributed by atoms with E-state index >= 15 is 0 Å². The highest BCUT2D eigenvalue weighted by Crippen LogP contribution is 2.17. The van der Waals surface area contributed by atoms with E-state index < -0.39 is 0 Å². The van der Waals surface area contributed by atoms with Crippen molar-refractivity contribution in [2.75, 3.05) is 6.54 Å². The fraction of sp³-hybridized carbons (Fsp3) is 0.588. The molecule has 106 valence electrons. The minimum atomic E-state index is 0.0644. The van der Waals surface area contributed by atoms with Gasteiger partial charge in [0.25, 0.3) is 0 Å². The van der Waals surface area contributed by atoms with Crippen LogP contribution < -0.4 is 5.32 Å². The molecule has 1 aromatic carbocycles. The van der Waals surface area contributed by atoms with Crippen molar-refractivity contribution in [3.8, 4) is 0 Å². The summed E-state index contributed by atoms with van der Waals surface area (Å²) in [6.45, 7) is 9.38. The summed E-state index contributed by atoms with van der Waals surface area (Å²) in [5, 5.41) is 3.08. The summed E-state index contributed by atoms with van der Waals surface area (Å²) in [6, 6.07) is 10.3. The van der Waals surface area contributed by atoms with Gasteiger partial charge >= 0.3 is 0 Å². The fourth-order valence-corrected chi connectivity index (χ4v) is 2.11. The molecule has 0 saturated heterocycles. The lowest BCUT2D eigenvalue weighted by Gasteiger charge is -2.20. The number of hydrogen-bond donors (Lipinski definition) is 1. The van der Waals surface area contributed by atoms with Crippen LogP contribution >= 0.6 is 0 Å².